The van der Waals surface area contributed by atoms with Crippen molar-refractivity contribution in [2.24, 2.45) is 0 Å². The van der Waals surface area contributed by atoms with Gasteiger partial charge in [-0.3, -0.25) is 4.79 Å². The van der Waals surface area contributed by atoms with Crippen molar-refractivity contribution in [2.75, 3.05) is 0 Å². The fraction of sp³-hybridized carbons (Fsp3) is 0.150. The number of aromatic nitrogens is 1. The zero-order valence-electron chi connectivity index (χ0n) is 13.9. The minimum Gasteiger partial charge on any atom is -0.481 e. The van der Waals surface area contributed by atoms with Crippen LogP contribution in [0.3, 0.4) is 0 Å². The number of hydrogen-bond donors (Lipinski definition) is 1. The van der Waals surface area contributed by atoms with Crippen LogP contribution in [0.25, 0.3) is 5.69 Å². The molecule has 2 heterocycles. The molecule has 0 saturated carbocycles. The van der Waals surface area contributed by atoms with Crippen LogP contribution < -0.4 is 0 Å². The first-order valence-corrected chi connectivity index (χ1v) is 9.37. The van der Waals surface area contributed by atoms with Gasteiger partial charge < -0.3 is 14.4 Å². The maximum atomic E-state index is 11.4. The molecule has 2 atom stereocenters. The Bertz CT molecular complexity index is 1030. The van der Waals surface area contributed by atoms with Crippen LogP contribution in [0, 0.1) is 0 Å². The normalized spacial score (nSPS) is 18.5. The van der Waals surface area contributed by atoms with Crippen LogP contribution >= 0.6 is 34.8 Å². The van der Waals surface area contributed by atoms with E-state index in [2.05, 4.69) is 0 Å². The summed E-state index contributed by atoms with van der Waals surface area (Å²) in [6.07, 6.45) is 0.417. The number of halogens is 3. The topological polar surface area (TPSA) is 51.5 Å². The van der Waals surface area contributed by atoms with Gasteiger partial charge in [-0.25, -0.2) is 0 Å². The number of carboxylic acid groups (broad SMARTS) is 1. The third-order valence-corrected chi connectivity index (χ3v) is 5.63. The second-order valence-corrected chi connectivity index (χ2v) is 7.47. The molecule has 1 aliphatic heterocycles. The summed E-state index contributed by atoms with van der Waals surface area (Å²) in [5.41, 5.74) is 3.06. The van der Waals surface area contributed by atoms with Gasteiger partial charge in [0, 0.05) is 22.3 Å². The first kappa shape index (κ1) is 18.4. The van der Waals surface area contributed by atoms with Gasteiger partial charge in [-0.1, -0.05) is 46.9 Å². The Hall–Kier alpha value is -1.98. The molecule has 1 aliphatic rings. The molecule has 3 aromatic rings. The average Bonchev–Trinajstić information content (AvgIpc) is 3.06. The molecule has 27 heavy (non-hydrogen) atoms. The molecule has 2 aromatic carbocycles. The van der Waals surface area contributed by atoms with E-state index in [1.54, 1.807) is 18.2 Å². The molecule has 7 heteroatoms. The second kappa shape index (κ2) is 7.21. The van der Waals surface area contributed by atoms with E-state index in [-0.39, 0.29) is 6.42 Å². The number of carbonyl (C=O) groups is 1. The Morgan fingerprint density at radius 1 is 1.07 bits per heavy atom. The summed E-state index contributed by atoms with van der Waals surface area (Å²) in [6, 6.07) is 14.5. The summed E-state index contributed by atoms with van der Waals surface area (Å²) in [6.45, 7) is 0. The number of hydrogen-bond acceptors (Lipinski definition) is 2. The van der Waals surface area contributed by atoms with Gasteiger partial charge in [0.05, 0.1) is 27.8 Å². The summed E-state index contributed by atoms with van der Waals surface area (Å²) < 4.78 is 8.24. The van der Waals surface area contributed by atoms with Crippen LogP contribution in [0.5, 0.6) is 0 Å². The van der Waals surface area contributed by atoms with E-state index >= 15 is 0 Å². The fourth-order valence-electron chi connectivity index (χ4n) is 3.41. The fourth-order valence-corrected chi connectivity index (χ4v) is 4.00. The molecule has 2 unspecified atom stereocenters. The highest BCUT2D eigenvalue weighted by Crippen LogP contribution is 2.44. The molecule has 0 aliphatic carbocycles. The Morgan fingerprint density at radius 2 is 1.89 bits per heavy atom. The molecule has 4 nitrogen and oxygen atoms in total. The predicted octanol–water partition coefficient (Wildman–Crippen LogP) is 6.07. The molecule has 138 valence electrons. The number of carboxylic acids is 1. The summed E-state index contributed by atoms with van der Waals surface area (Å²) >= 11 is 18.9. The van der Waals surface area contributed by atoms with Crippen molar-refractivity contribution < 1.29 is 14.6 Å². The number of fused-ring (bicyclic) bond motifs is 3. The Labute approximate surface area is 170 Å². The van der Waals surface area contributed by atoms with Gasteiger partial charge in [0.2, 0.25) is 0 Å². The van der Waals surface area contributed by atoms with Gasteiger partial charge in [-0.05, 0) is 36.4 Å². The van der Waals surface area contributed by atoms with Gasteiger partial charge in [0.25, 0.3) is 0 Å². The molecule has 0 amide bonds. The molecule has 0 spiro atoms. The van der Waals surface area contributed by atoms with Gasteiger partial charge in [0.15, 0.2) is 0 Å². The summed E-state index contributed by atoms with van der Waals surface area (Å²) in [7, 11) is 0. The number of nitrogens with zero attached hydrogens (tertiary/aromatic N) is 1. The number of aliphatic carboxylic acids is 1. The van der Waals surface area contributed by atoms with Crippen molar-refractivity contribution >= 4 is 40.8 Å². The first-order valence-electron chi connectivity index (χ1n) is 8.24. The van der Waals surface area contributed by atoms with E-state index < -0.39 is 18.2 Å². The SMILES string of the molecule is O=C(O)CC1OC(c2cccc(Cl)c2Cl)c2cc(Cl)ccc2-n2cccc21. The predicted molar refractivity (Wildman–Crippen MR) is 105 cm³/mol. The van der Waals surface area contributed by atoms with Gasteiger partial charge in [-0.15, -0.1) is 0 Å². The van der Waals surface area contributed by atoms with E-state index in [1.807, 2.05) is 41.1 Å². The molecule has 1 aromatic heterocycles. The van der Waals surface area contributed by atoms with Crippen molar-refractivity contribution in [1.29, 1.82) is 0 Å². The van der Waals surface area contributed by atoms with Crippen molar-refractivity contribution in [3.8, 4) is 5.69 Å². The first-order chi connectivity index (χ1) is 13.0. The molecule has 1 N–H and O–H groups in total. The molecule has 0 bridgehead atoms. The van der Waals surface area contributed by atoms with Gasteiger partial charge in [0.1, 0.15) is 12.2 Å². The van der Waals surface area contributed by atoms with E-state index in [1.165, 1.54) is 0 Å². The zero-order valence-corrected chi connectivity index (χ0v) is 16.2. The summed E-state index contributed by atoms with van der Waals surface area (Å²) in [5, 5.41) is 10.7. The number of ether oxygens (including phenoxy) is 1. The van der Waals surface area contributed by atoms with Crippen molar-refractivity contribution in [3.63, 3.8) is 0 Å². The van der Waals surface area contributed by atoms with Crippen LogP contribution in [-0.4, -0.2) is 15.6 Å². The lowest BCUT2D eigenvalue weighted by Gasteiger charge is -2.23. The van der Waals surface area contributed by atoms with E-state index in [0.29, 0.717) is 20.6 Å². The van der Waals surface area contributed by atoms with Gasteiger partial charge >= 0.3 is 5.97 Å². The Balaban J connectivity index is 1.96. The molecule has 0 radical (unpaired) electrons. The van der Waals surface area contributed by atoms with Crippen molar-refractivity contribution in [1.82, 2.24) is 4.57 Å². The highest BCUT2D eigenvalue weighted by molar-refractivity contribution is 6.42. The summed E-state index contributed by atoms with van der Waals surface area (Å²) in [4.78, 5) is 11.4. The van der Waals surface area contributed by atoms with Crippen LogP contribution in [0.2, 0.25) is 15.1 Å². The van der Waals surface area contributed by atoms with Crippen LogP contribution in [0.1, 0.15) is 35.4 Å². The molecule has 4 rings (SSSR count). The lowest BCUT2D eigenvalue weighted by Crippen LogP contribution is -2.14. The maximum Gasteiger partial charge on any atom is 0.306 e. The Kier molecular flexibility index (Phi) is 4.91. The second-order valence-electron chi connectivity index (χ2n) is 6.25. The lowest BCUT2D eigenvalue weighted by atomic mass is 9.99. The monoisotopic (exact) mass is 421 g/mol. The third kappa shape index (κ3) is 3.34. The van der Waals surface area contributed by atoms with E-state index in [4.69, 9.17) is 39.5 Å². The zero-order chi connectivity index (χ0) is 19.1. The van der Waals surface area contributed by atoms with Crippen molar-refractivity contribution in [2.45, 2.75) is 18.6 Å². The van der Waals surface area contributed by atoms with Crippen LogP contribution in [0.15, 0.2) is 54.7 Å². The van der Waals surface area contributed by atoms with Crippen LogP contribution in [0.4, 0.5) is 0 Å². The average molecular weight is 423 g/mol. The van der Waals surface area contributed by atoms with Crippen LogP contribution in [-0.2, 0) is 9.53 Å². The molecular weight excluding hydrogens is 409 g/mol. The quantitative estimate of drug-likeness (QED) is 0.557. The Morgan fingerprint density at radius 3 is 2.67 bits per heavy atom. The number of benzene rings is 2. The standard InChI is InChI=1S/C20H14Cl3NO3/c21-11-6-7-15-13(9-11)20(12-3-1-4-14(22)19(12)23)27-17(10-18(25)26)16-5-2-8-24(15)16/h1-9,17,20H,10H2,(H,25,26). The molecule has 0 fully saturated rings. The van der Waals surface area contributed by atoms with Gasteiger partial charge in [-0.2, -0.15) is 0 Å². The largest absolute Gasteiger partial charge is 0.481 e. The maximum absolute atomic E-state index is 11.4. The lowest BCUT2D eigenvalue weighted by molar-refractivity contribution is -0.141. The molecule has 0 saturated heterocycles. The highest BCUT2D eigenvalue weighted by Gasteiger charge is 2.32. The minimum atomic E-state index is -0.951. The third-order valence-electron chi connectivity index (χ3n) is 4.57. The number of rotatable bonds is 3. The smallest absolute Gasteiger partial charge is 0.306 e. The summed E-state index contributed by atoms with van der Waals surface area (Å²) in [5.74, 6) is -0.951. The van der Waals surface area contributed by atoms with E-state index in [0.717, 1.165) is 16.9 Å². The minimum absolute atomic E-state index is 0.180. The molecular formula is C20H14Cl3NO3. The highest BCUT2D eigenvalue weighted by atomic mass is 35.5. The van der Waals surface area contributed by atoms with Crippen molar-refractivity contribution in [3.05, 3.63) is 86.6 Å². The van der Waals surface area contributed by atoms with E-state index in [9.17, 15) is 9.90 Å².